The molecule has 2 unspecified atom stereocenters. The van der Waals surface area contributed by atoms with Gasteiger partial charge in [-0.15, -0.1) is 0 Å². The minimum atomic E-state index is 0.306. The third-order valence-corrected chi connectivity index (χ3v) is 5.11. The highest BCUT2D eigenvalue weighted by Gasteiger charge is 2.29. The van der Waals surface area contributed by atoms with Gasteiger partial charge in [0, 0.05) is 18.5 Å². The maximum Gasteiger partial charge on any atom is 0.123 e. The minimum absolute atomic E-state index is 0.306. The first kappa shape index (κ1) is 17.0. The topological polar surface area (TPSA) is 21.3 Å². The predicted octanol–water partition coefficient (Wildman–Crippen LogP) is 5.24. The minimum Gasteiger partial charge on any atom is -0.490 e. The van der Waals surface area contributed by atoms with Crippen LogP contribution in [0.4, 0.5) is 0 Å². The van der Waals surface area contributed by atoms with Gasteiger partial charge in [0.25, 0.3) is 0 Å². The van der Waals surface area contributed by atoms with Crippen LogP contribution in [-0.4, -0.2) is 12.6 Å². The average molecular weight is 323 g/mol. The highest BCUT2D eigenvalue weighted by molar-refractivity contribution is 5.38. The van der Waals surface area contributed by atoms with Crippen molar-refractivity contribution in [2.24, 2.45) is 5.92 Å². The number of nitrogens with one attached hydrogen (secondary N) is 1. The molecule has 1 aliphatic rings. The summed E-state index contributed by atoms with van der Waals surface area (Å²) in [6, 6.07) is 17.6. The molecule has 0 amide bonds. The third kappa shape index (κ3) is 3.81. The van der Waals surface area contributed by atoms with Crippen molar-refractivity contribution in [3.8, 4) is 5.75 Å². The molecule has 0 saturated heterocycles. The lowest BCUT2D eigenvalue weighted by Crippen LogP contribution is -2.34. The molecule has 0 spiro atoms. The van der Waals surface area contributed by atoms with Crippen LogP contribution in [0.2, 0.25) is 0 Å². The Morgan fingerprint density at radius 2 is 1.88 bits per heavy atom. The van der Waals surface area contributed by atoms with E-state index in [9.17, 15) is 0 Å². The smallest absolute Gasteiger partial charge is 0.123 e. The molecular weight excluding hydrogens is 294 g/mol. The molecular formula is C22H29NO. The lowest BCUT2D eigenvalue weighted by atomic mass is 9.86. The quantitative estimate of drug-likeness (QED) is 0.813. The van der Waals surface area contributed by atoms with Crippen molar-refractivity contribution in [2.45, 2.75) is 52.2 Å². The molecule has 2 heteroatoms. The van der Waals surface area contributed by atoms with Gasteiger partial charge in [0.05, 0.1) is 0 Å². The molecule has 2 aromatic carbocycles. The second-order valence-electron chi connectivity index (χ2n) is 7.41. The van der Waals surface area contributed by atoms with Crippen molar-refractivity contribution in [1.82, 2.24) is 5.32 Å². The fraction of sp³-hybridized carbons (Fsp3) is 0.455. The molecule has 0 saturated carbocycles. The molecule has 0 fully saturated rings. The van der Waals surface area contributed by atoms with Crippen LogP contribution in [0.15, 0.2) is 48.5 Å². The van der Waals surface area contributed by atoms with E-state index >= 15 is 0 Å². The fourth-order valence-corrected chi connectivity index (χ4v) is 3.52. The van der Waals surface area contributed by atoms with Gasteiger partial charge in [0.15, 0.2) is 0 Å². The molecule has 128 valence electrons. The lowest BCUT2D eigenvalue weighted by molar-refractivity contribution is 0.113. The molecule has 0 aliphatic carbocycles. The maximum absolute atomic E-state index is 6.20. The van der Waals surface area contributed by atoms with Crippen molar-refractivity contribution < 1.29 is 4.74 Å². The summed E-state index contributed by atoms with van der Waals surface area (Å²) in [5, 5.41) is 3.74. The number of ether oxygens (including phenoxy) is 1. The summed E-state index contributed by atoms with van der Waals surface area (Å²) in [6.45, 7) is 9.88. The predicted molar refractivity (Wildman–Crippen MR) is 101 cm³/mol. The van der Waals surface area contributed by atoms with Gasteiger partial charge in [-0.1, -0.05) is 61.9 Å². The number of para-hydroxylation sites is 1. The summed E-state index contributed by atoms with van der Waals surface area (Å²) < 4.78 is 6.20. The second kappa shape index (κ2) is 7.40. The molecule has 3 atom stereocenters. The second-order valence-corrected chi connectivity index (χ2v) is 7.41. The standard InChI is InChI=1S/C22H29NO/c1-15(2)22-13-19(20-10-5-6-11-21(20)24-22)14-23-17(4)18-9-7-8-16(3)12-18/h5-12,15,17,19,22-23H,13-14H2,1-4H3/t17?,19-,22?/m0/s1. The number of rotatable bonds is 5. The van der Waals surface area contributed by atoms with Gasteiger partial charge >= 0.3 is 0 Å². The maximum atomic E-state index is 6.20. The van der Waals surface area contributed by atoms with Gasteiger partial charge in [0.1, 0.15) is 11.9 Å². The molecule has 0 aromatic heterocycles. The third-order valence-electron chi connectivity index (χ3n) is 5.11. The SMILES string of the molecule is Cc1cccc(C(C)NC[C@@H]2CC(C(C)C)Oc3ccccc32)c1. The van der Waals surface area contributed by atoms with E-state index in [0.29, 0.717) is 24.0 Å². The first-order valence-electron chi connectivity index (χ1n) is 9.10. The molecule has 2 aromatic rings. The summed E-state index contributed by atoms with van der Waals surface area (Å²) >= 11 is 0. The van der Waals surface area contributed by atoms with Gasteiger partial charge in [0.2, 0.25) is 0 Å². The summed E-state index contributed by atoms with van der Waals surface area (Å²) in [5.41, 5.74) is 4.02. The first-order valence-corrected chi connectivity index (χ1v) is 9.10. The summed E-state index contributed by atoms with van der Waals surface area (Å²) in [4.78, 5) is 0. The van der Waals surface area contributed by atoms with E-state index in [4.69, 9.17) is 4.74 Å². The van der Waals surface area contributed by atoms with Crippen LogP contribution < -0.4 is 10.1 Å². The molecule has 1 aliphatic heterocycles. The Hall–Kier alpha value is -1.80. The van der Waals surface area contributed by atoms with Crippen molar-refractivity contribution in [2.75, 3.05) is 6.54 Å². The highest BCUT2D eigenvalue weighted by Crippen LogP contribution is 2.38. The van der Waals surface area contributed by atoms with Crippen LogP contribution in [0.25, 0.3) is 0 Å². The Balaban J connectivity index is 1.71. The van der Waals surface area contributed by atoms with Gasteiger partial charge in [-0.2, -0.15) is 0 Å². The molecule has 24 heavy (non-hydrogen) atoms. The largest absolute Gasteiger partial charge is 0.490 e. The number of aryl methyl sites for hydroxylation is 1. The van der Waals surface area contributed by atoms with Crippen LogP contribution in [0.5, 0.6) is 5.75 Å². The molecule has 1 N–H and O–H groups in total. The van der Waals surface area contributed by atoms with Crippen LogP contribution in [0.3, 0.4) is 0 Å². The zero-order chi connectivity index (χ0) is 17.1. The van der Waals surface area contributed by atoms with Crippen molar-refractivity contribution in [3.05, 3.63) is 65.2 Å². The van der Waals surface area contributed by atoms with Gasteiger partial charge in [-0.25, -0.2) is 0 Å². The summed E-state index contributed by atoms with van der Waals surface area (Å²) in [7, 11) is 0. The molecule has 1 heterocycles. The Morgan fingerprint density at radius 3 is 2.62 bits per heavy atom. The Labute approximate surface area is 146 Å². The van der Waals surface area contributed by atoms with E-state index in [1.165, 1.54) is 16.7 Å². The van der Waals surface area contributed by atoms with E-state index in [2.05, 4.69) is 81.5 Å². The average Bonchev–Trinajstić information content (AvgIpc) is 2.59. The van der Waals surface area contributed by atoms with Crippen molar-refractivity contribution in [1.29, 1.82) is 0 Å². The number of hydrogen-bond donors (Lipinski definition) is 1. The number of hydrogen-bond acceptors (Lipinski definition) is 2. The van der Waals surface area contributed by atoms with Crippen LogP contribution in [-0.2, 0) is 0 Å². The van der Waals surface area contributed by atoms with Crippen molar-refractivity contribution in [3.63, 3.8) is 0 Å². The zero-order valence-corrected chi connectivity index (χ0v) is 15.3. The Bertz CT molecular complexity index is 679. The summed E-state index contributed by atoms with van der Waals surface area (Å²) in [6.07, 6.45) is 1.39. The van der Waals surface area contributed by atoms with E-state index in [-0.39, 0.29) is 0 Å². The van der Waals surface area contributed by atoms with Crippen LogP contribution in [0.1, 0.15) is 55.8 Å². The van der Waals surface area contributed by atoms with Crippen LogP contribution >= 0.6 is 0 Å². The zero-order valence-electron chi connectivity index (χ0n) is 15.3. The van der Waals surface area contributed by atoms with Crippen LogP contribution in [0, 0.1) is 12.8 Å². The Kier molecular flexibility index (Phi) is 5.25. The lowest BCUT2D eigenvalue weighted by Gasteiger charge is -2.35. The molecule has 0 radical (unpaired) electrons. The van der Waals surface area contributed by atoms with Gasteiger partial charge in [-0.3, -0.25) is 0 Å². The van der Waals surface area contributed by atoms with E-state index in [1.807, 2.05) is 0 Å². The highest BCUT2D eigenvalue weighted by atomic mass is 16.5. The van der Waals surface area contributed by atoms with E-state index in [1.54, 1.807) is 0 Å². The van der Waals surface area contributed by atoms with Crippen molar-refractivity contribution >= 4 is 0 Å². The number of fused-ring (bicyclic) bond motifs is 1. The molecule has 2 nitrogen and oxygen atoms in total. The first-order chi connectivity index (χ1) is 11.5. The Morgan fingerprint density at radius 1 is 1.08 bits per heavy atom. The fourth-order valence-electron chi connectivity index (χ4n) is 3.52. The normalized spacial score (nSPS) is 21.2. The monoisotopic (exact) mass is 323 g/mol. The molecule has 3 rings (SSSR count). The van der Waals surface area contributed by atoms with E-state index < -0.39 is 0 Å². The van der Waals surface area contributed by atoms with Gasteiger partial charge in [-0.05, 0) is 43.4 Å². The van der Waals surface area contributed by atoms with E-state index in [0.717, 1.165) is 18.7 Å². The van der Waals surface area contributed by atoms with Gasteiger partial charge < -0.3 is 10.1 Å². The number of benzene rings is 2. The summed E-state index contributed by atoms with van der Waals surface area (Å²) in [5.74, 6) is 2.11. The molecule has 0 bridgehead atoms.